The SMILES string of the molecule is CC(N)CNC(=O)C1CC1(Cl)Cl.Cl. The van der Waals surface area contributed by atoms with Crippen LogP contribution in [-0.2, 0) is 4.79 Å². The maximum absolute atomic E-state index is 11.2. The highest BCUT2D eigenvalue weighted by atomic mass is 35.5. The lowest BCUT2D eigenvalue weighted by Gasteiger charge is -2.07. The molecular weight excluding hydrogens is 234 g/mol. The van der Waals surface area contributed by atoms with Crippen molar-refractivity contribution in [1.29, 1.82) is 0 Å². The Morgan fingerprint density at radius 3 is 2.54 bits per heavy atom. The lowest BCUT2D eigenvalue weighted by Crippen LogP contribution is -2.36. The molecule has 3 N–H and O–H groups in total. The van der Waals surface area contributed by atoms with Gasteiger partial charge in [-0.15, -0.1) is 35.6 Å². The van der Waals surface area contributed by atoms with E-state index in [4.69, 9.17) is 28.9 Å². The van der Waals surface area contributed by atoms with Crippen LogP contribution >= 0.6 is 35.6 Å². The molecule has 78 valence electrons. The average Bonchev–Trinajstić information content (AvgIpc) is 2.55. The molecule has 1 amide bonds. The topological polar surface area (TPSA) is 55.1 Å². The molecule has 2 unspecified atom stereocenters. The summed E-state index contributed by atoms with van der Waals surface area (Å²) in [4.78, 5) is 11.2. The monoisotopic (exact) mass is 246 g/mol. The van der Waals surface area contributed by atoms with Gasteiger partial charge in [-0.25, -0.2) is 0 Å². The normalized spacial score (nSPS) is 25.7. The number of rotatable bonds is 3. The van der Waals surface area contributed by atoms with Crippen LogP contribution in [0.1, 0.15) is 13.3 Å². The predicted molar refractivity (Wildman–Crippen MR) is 56.5 cm³/mol. The smallest absolute Gasteiger partial charge is 0.226 e. The Morgan fingerprint density at radius 1 is 1.77 bits per heavy atom. The largest absolute Gasteiger partial charge is 0.354 e. The van der Waals surface area contributed by atoms with Crippen LogP contribution in [0.3, 0.4) is 0 Å². The van der Waals surface area contributed by atoms with Gasteiger partial charge in [0.1, 0.15) is 4.33 Å². The molecule has 0 radical (unpaired) electrons. The van der Waals surface area contributed by atoms with E-state index < -0.39 is 4.33 Å². The van der Waals surface area contributed by atoms with E-state index in [2.05, 4.69) is 5.32 Å². The summed E-state index contributed by atoms with van der Waals surface area (Å²) >= 11 is 11.4. The molecule has 0 saturated heterocycles. The van der Waals surface area contributed by atoms with Gasteiger partial charge in [0.25, 0.3) is 0 Å². The molecule has 1 aliphatic carbocycles. The number of carbonyl (C=O) groups excluding carboxylic acids is 1. The number of hydrogen-bond donors (Lipinski definition) is 2. The van der Waals surface area contributed by atoms with E-state index in [1.807, 2.05) is 6.92 Å². The molecule has 3 nitrogen and oxygen atoms in total. The van der Waals surface area contributed by atoms with Crippen molar-refractivity contribution in [2.75, 3.05) is 6.54 Å². The molecule has 0 bridgehead atoms. The minimum atomic E-state index is -0.831. The van der Waals surface area contributed by atoms with Gasteiger partial charge in [-0.3, -0.25) is 4.79 Å². The number of halogens is 3. The lowest BCUT2D eigenvalue weighted by molar-refractivity contribution is -0.122. The van der Waals surface area contributed by atoms with Crippen LogP contribution in [-0.4, -0.2) is 22.8 Å². The van der Waals surface area contributed by atoms with Crippen LogP contribution in [0, 0.1) is 5.92 Å². The Kier molecular flexibility index (Phi) is 4.80. The van der Waals surface area contributed by atoms with Crippen molar-refractivity contribution in [3.8, 4) is 0 Å². The first kappa shape index (κ1) is 13.3. The van der Waals surface area contributed by atoms with Crippen molar-refractivity contribution in [2.45, 2.75) is 23.7 Å². The quantitative estimate of drug-likeness (QED) is 0.733. The second-order valence-electron chi connectivity index (χ2n) is 3.24. The zero-order valence-corrected chi connectivity index (χ0v) is 9.55. The second-order valence-corrected chi connectivity index (χ2v) is 4.78. The Hall–Kier alpha value is 0.300. The van der Waals surface area contributed by atoms with E-state index in [0.29, 0.717) is 13.0 Å². The van der Waals surface area contributed by atoms with Crippen LogP contribution < -0.4 is 11.1 Å². The minimum Gasteiger partial charge on any atom is -0.354 e. The van der Waals surface area contributed by atoms with Crippen molar-refractivity contribution in [3.63, 3.8) is 0 Å². The maximum atomic E-state index is 11.2. The van der Waals surface area contributed by atoms with Crippen LogP contribution in [0.4, 0.5) is 0 Å². The molecule has 0 aromatic carbocycles. The van der Waals surface area contributed by atoms with Gasteiger partial charge in [0.05, 0.1) is 5.92 Å². The van der Waals surface area contributed by atoms with Crippen molar-refractivity contribution in [1.82, 2.24) is 5.32 Å². The summed E-state index contributed by atoms with van der Waals surface area (Å²) in [6.45, 7) is 2.29. The fourth-order valence-corrected chi connectivity index (χ4v) is 1.39. The summed E-state index contributed by atoms with van der Waals surface area (Å²) in [5.41, 5.74) is 5.45. The van der Waals surface area contributed by atoms with Gasteiger partial charge in [-0.2, -0.15) is 0 Å². The Bertz CT molecular complexity index is 196. The lowest BCUT2D eigenvalue weighted by atomic mass is 10.3. The summed E-state index contributed by atoms with van der Waals surface area (Å²) in [5.74, 6) is -0.350. The van der Waals surface area contributed by atoms with E-state index in [1.165, 1.54) is 0 Å². The first-order chi connectivity index (χ1) is 5.43. The number of hydrogen-bond acceptors (Lipinski definition) is 2. The molecule has 6 heteroatoms. The third-order valence-electron chi connectivity index (χ3n) is 1.74. The first-order valence-corrected chi connectivity index (χ1v) is 4.60. The third kappa shape index (κ3) is 3.90. The Morgan fingerprint density at radius 2 is 2.23 bits per heavy atom. The molecule has 0 aliphatic heterocycles. The molecule has 0 spiro atoms. The highest BCUT2D eigenvalue weighted by Gasteiger charge is 2.56. The molecule has 1 aliphatic rings. The van der Waals surface area contributed by atoms with Crippen molar-refractivity contribution < 1.29 is 4.79 Å². The van der Waals surface area contributed by atoms with Crippen LogP contribution in [0.5, 0.6) is 0 Å². The molecule has 0 heterocycles. The molecule has 2 atom stereocenters. The summed E-state index contributed by atoms with van der Waals surface area (Å²) in [7, 11) is 0. The molecule has 0 aromatic heterocycles. The van der Waals surface area contributed by atoms with Gasteiger partial charge in [0.2, 0.25) is 5.91 Å². The summed E-state index contributed by atoms with van der Waals surface area (Å²) in [6, 6.07) is -0.0345. The molecule has 0 aromatic rings. The minimum absolute atomic E-state index is 0. The van der Waals surface area contributed by atoms with Crippen LogP contribution in [0.2, 0.25) is 0 Å². The number of nitrogens with one attached hydrogen (secondary N) is 1. The highest BCUT2D eigenvalue weighted by Crippen LogP contribution is 2.53. The van der Waals surface area contributed by atoms with E-state index in [1.54, 1.807) is 0 Å². The van der Waals surface area contributed by atoms with Crippen molar-refractivity contribution in [2.24, 2.45) is 11.7 Å². The predicted octanol–water partition coefficient (Wildman–Crippen LogP) is 1.07. The standard InChI is InChI=1S/C7H12Cl2N2O.ClH/c1-4(10)3-11-6(12)5-2-7(5,8)9;/h4-5H,2-3,10H2,1H3,(H,11,12);1H. The average molecular weight is 248 g/mol. The molecular formula is C7H13Cl3N2O. The summed E-state index contributed by atoms with van der Waals surface area (Å²) in [6.07, 6.45) is 0.543. The Labute approximate surface area is 93.7 Å². The zero-order chi connectivity index (χ0) is 9.35. The van der Waals surface area contributed by atoms with Gasteiger partial charge >= 0.3 is 0 Å². The summed E-state index contributed by atoms with van der Waals surface area (Å²) < 4.78 is -0.831. The number of nitrogens with two attached hydrogens (primary N) is 1. The summed E-state index contributed by atoms with van der Waals surface area (Å²) in [5, 5.41) is 2.67. The fourth-order valence-electron chi connectivity index (χ4n) is 0.883. The molecule has 13 heavy (non-hydrogen) atoms. The van der Waals surface area contributed by atoms with E-state index in [-0.39, 0.29) is 30.3 Å². The van der Waals surface area contributed by atoms with Gasteiger partial charge in [0, 0.05) is 12.6 Å². The van der Waals surface area contributed by atoms with Gasteiger partial charge in [-0.1, -0.05) is 0 Å². The van der Waals surface area contributed by atoms with Crippen LogP contribution in [0.25, 0.3) is 0 Å². The maximum Gasteiger partial charge on any atom is 0.226 e. The molecule has 1 rings (SSSR count). The molecule has 1 fully saturated rings. The van der Waals surface area contributed by atoms with Crippen LogP contribution in [0.15, 0.2) is 0 Å². The van der Waals surface area contributed by atoms with E-state index >= 15 is 0 Å². The zero-order valence-electron chi connectivity index (χ0n) is 7.22. The van der Waals surface area contributed by atoms with Gasteiger partial charge in [-0.05, 0) is 13.3 Å². The third-order valence-corrected chi connectivity index (χ3v) is 2.58. The van der Waals surface area contributed by atoms with Gasteiger partial charge < -0.3 is 11.1 Å². The van der Waals surface area contributed by atoms with E-state index in [0.717, 1.165) is 0 Å². The number of alkyl halides is 2. The molecule has 1 saturated carbocycles. The highest BCUT2D eigenvalue weighted by molar-refractivity contribution is 6.52. The van der Waals surface area contributed by atoms with Crippen molar-refractivity contribution >= 4 is 41.5 Å². The van der Waals surface area contributed by atoms with E-state index in [9.17, 15) is 4.79 Å². The Balaban J connectivity index is 0.00000144. The van der Waals surface area contributed by atoms with Gasteiger partial charge in [0.15, 0.2) is 0 Å². The number of amides is 1. The van der Waals surface area contributed by atoms with Crippen molar-refractivity contribution in [3.05, 3.63) is 0 Å². The second kappa shape index (κ2) is 4.69. The number of carbonyl (C=O) groups is 1. The fraction of sp³-hybridized carbons (Fsp3) is 0.857. The first-order valence-electron chi connectivity index (χ1n) is 3.84.